The molecule has 2 aliphatic carbocycles. The Labute approximate surface area is 172 Å². The number of ether oxygens (including phenoxy) is 1. The maximum absolute atomic E-state index is 14.0. The normalized spacial score (nSPS) is 20.0. The predicted octanol–water partition coefficient (Wildman–Crippen LogP) is 2.30. The summed E-state index contributed by atoms with van der Waals surface area (Å²) in [6.45, 7) is 0.162. The molecule has 0 spiro atoms. The quantitative estimate of drug-likeness (QED) is 0.572. The Kier molecular flexibility index (Phi) is 6.02. The van der Waals surface area contributed by atoms with Crippen LogP contribution >= 0.6 is 0 Å². The maximum atomic E-state index is 14.0. The monoisotopic (exact) mass is 445 g/mol. The van der Waals surface area contributed by atoms with Crippen LogP contribution in [0.5, 0.6) is 5.75 Å². The topological polar surface area (TPSA) is 108 Å². The lowest BCUT2D eigenvalue weighted by atomic mass is 10.0. The van der Waals surface area contributed by atoms with Crippen molar-refractivity contribution in [2.24, 2.45) is 11.3 Å². The van der Waals surface area contributed by atoms with Gasteiger partial charge in [0, 0.05) is 0 Å². The van der Waals surface area contributed by atoms with Crippen LogP contribution in [0.3, 0.4) is 0 Å². The summed E-state index contributed by atoms with van der Waals surface area (Å²) in [5, 5.41) is 10.6. The van der Waals surface area contributed by atoms with Gasteiger partial charge in [0.05, 0.1) is 17.5 Å². The number of carbonyl (C=O) groups excluding carboxylic acids is 1. The largest absolute Gasteiger partial charge is 0.432 e. The molecule has 1 amide bonds. The highest BCUT2D eigenvalue weighted by Crippen LogP contribution is 2.57. The summed E-state index contributed by atoms with van der Waals surface area (Å²) in [5.74, 6) is -2.04. The molecular formula is C19H22F3N3O4S. The molecule has 2 fully saturated rings. The van der Waals surface area contributed by atoms with Crippen LogP contribution in [0.15, 0.2) is 24.3 Å². The van der Waals surface area contributed by atoms with Crippen LogP contribution in [0.1, 0.15) is 32.6 Å². The lowest BCUT2D eigenvalue weighted by molar-refractivity contribution is -0.172. The zero-order valence-corrected chi connectivity index (χ0v) is 17.0. The lowest BCUT2D eigenvalue weighted by Crippen LogP contribution is -2.52. The number of alkyl halides is 2. The van der Waals surface area contributed by atoms with Crippen molar-refractivity contribution in [1.29, 1.82) is 5.26 Å². The zero-order chi connectivity index (χ0) is 22.2. The molecule has 0 heterocycles. The number of sulfonamides is 1. The second kappa shape index (κ2) is 8.07. The van der Waals surface area contributed by atoms with Crippen molar-refractivity contribution in [3.63, 3.8) is 0 Å². The first kappa shape index (κ1) is 22.4. The molecule has 164 valence electrons. The van der Waals surface area contributed by atoms with Gasteiger partial charge >= 0.3 is 6.11 Å². The van der Waals surface area contributed by atoms with Gasteiger partial charge in [0.2, 0.25) is 15.9 Å². The van der Waals surface area contributed by atoms with Gasteiger partial charge in [0.1, 0.15) is 23.4 Å². The summed E-state index contributed by atoms with van der Waals surface area (Å²) < 4.78 is 72.6. The minimum Gasteiger partial charge on any atom is -0.432 e. The molecule has 1 aromatic carbocycles. The zero-order valence-electron chi connectivity index (χ0n) is 16.2. The Bertz CT molecular complexity index is 939. The van der Waals surface area contributed by atoms with Crippen molar-refractivity contribution in [1.82, 2.24) is 10.0 Å². The highest BCUT2D eigenvalue weighted by Gasteiger charge is 2.61. The van der Waals surface area contributed by atoms with E-state index in [4.69, 9.17) is 0 Å². The van der Waals surface area contributed by atoms with Crippen molar-refractivity contribution in [3.05, 3.63) is 30.1 Å². The van der Waals surface area contributed by atoms with Crippen LogP contribution in [-0.2, 0) is 14.8 Å². The maximum Gasteiger partial charge on any atom is 0.410 e. The second-order valence-electron chi connectivity index (χ2n) is 7.83. The molecule has 0 aromatic heterocycles. The number of nitriles is 1. The van der Waals surface area contributed by atoms with E-state index in [0.29, 0.717) is 25.7 Å². The van der Waals surface area contributed by atoms with Crippen molar-refractivity contribution in [3.8, 4) is 11.8 Å². The number of halogens is 3. The number of nitrogens with zero attached hydrogens (tertiary/aromatic N) is 1. The van der Waals surface area contributed by atoms with Crippen molar-refractivity contribution in [2.75, 3.05) is 6.54 Å². The van der Waals surface area contributed by atoms with E-state index in [2.05, 4.69) is 16.1 Å². The summed E-state index contributed by atoms with van der Waals surface area (Å²) in [5.41, 5.74) is -0.972. The predicted molar refractivity (Wildman–Crippen MR) is 100 cm³/mol. The van der Waals surface area contributed by atoms with Crippen molar-refractivity contribution in [2.45, 2.75) is 50.0 Å². The van der Waals surface area contributed by atoms with Crippen LogP contribution in [0, 0.1) is 28.5 Å². The van der Waals surface area contributed by atoms with Crippen LogP contribution in [0.2, 0.25) is 0 Å². The molecule has 2 atom stereocenters. The van der Waals surface area contributed by atoms with Crippen LogP contribution in [0.4, 0.5) is 13.2 Å². The number of hydrogen-bond donors (Lipinski definition) is 2. The molecule has 2 saturated carbocycles. The van der Waals surface area contributed by atoms with Gasteiger partial charge in [-0.25, -0.2) is 12.8 Å². The van der Waals surface area contributed by atoms with Gasteiger partial charge in [-0.05, 0) is 62.8 Å². The minimum absolute atomic E-state index is 0.172. The van der Waals surface area contributed by atoms with Crippen LogP contribution in [-0.4, -0.2) is 38.3 Å². The van der Waals surface area contributed by atoms with E-state index >= 15 is 0 Å². The van der Waals surface area contributed by atoms with E-state index in [-0.39, 0.29) is 11.7 Å². The highest BCUT2D eigenvalue weighted by molar-refractivity contribution is 7.90. The van der Waals surface area contributed by atoms with Gasteiger partial charge in [-0.1, -0.05) is 0 Å². The molecule has 0 radical (unpaired) electrons. The van der Waals surface area contributed by atoms with E-state index < -0.39 is 51.1 Å². The van der Waals surface area contributed by atoms with Crippen LogP contribution in [0.25, 0.3) is 0 Å². The summed E-state index contributed by atoms with van der Waals surface area (Å²) in [4.78, 5) is 12.3. The second-order valence-corrected chi connectivity index (χ2v) is 9.64. The summed E-state index contributed by atoms with van der Waals surface area (Å²) in [6, 6.07) is 4.80. The lowest BCUT2D eigenvalue weighted by Gasteiger charge is -2.24. The third kappa shape index (κ3) is 5.23. The van der Waals surface area contributed by atoms with Gasteiger partial charge in [-0.2, -0.15) is 14.0 Å². The first-order chi connectivity index (χ1) is 14.0. The fourth-order valence-electron chi connectivity index (χ4n) is 3.36. The smallest absolute Gasteiger partial charge is 0.410 e. The first-order valence-corrected chi connectivity index (χ1v) is 11.1. The van der Waals surface area contributed by atoms with E-state index in [1.807, 2.05) is 4.72 Å². The van der Waals surface area contributed by atoms with Gasteiger partial charge in [0.25, 0.3) is 0 Å². The number of hydrogen-bond acceptors (Lipinski definition) is 6. The minimum atomic E-state index is -4.13. The van der Waals surface area contributed by atoms with Gasteiger partial charge in [-0.3, -0.25) is 14.8 Å². The Hall–Kier alpha value is -2.32. The molecule has 2 aliphatic rings. The Morgan fingerprint density at radius 3 is 2.43 bits per heavy atom. The third-order valence-electron chi connectivity index (χ3n) is 5.27. The molecule has 0 aliphatic heterocycles. The SMILES string of the molecule is CC(NCC(F)(F)Oc1ccc(F)cc1)C(=O)NS(=O)(=O)C(C1CC1)C1(C#N)CC1. The van der Waals surface area contributed by atoms with Crippen LogP contribution < -0.4 is 14.8 Å². The first-order valence-electron chi connectivity index (χ1n) is 9.50. The summed E-state index contributed by atoms with van der Waals surface area (Å²) in [7, 11) is -4.13. The molecule has 0 saturated heterocycles. The molecule has 0 bridgehead atoms. The van der Waals surface area contributed by atoms with Gasteiger partial charge < -0.3 is 4.74 Å². The molecule has 11 heteroatoms. The third-order valence-corrected chi connectivity index (χ3v) is 7.26. The number of carbonyl (C=O) groups is 1. The standard InChI is InChI=1S/C19H22F3N3O4S/c1-12(24-11-19(21,22)29-15-6-4-14(20)5-7-15)17(26)25-30(27,28)16(13-2-3-13)18(10-23)8-9-18/h4-7,12-13,16,24H,2-3,8-9,11H2,1H3,(H,25,26). The molecule has 1 aromatic rings. The number of rotatable bonds is 10. The Morgan fingerprint density at radius 2 is 1.93 bits per heavy atom. The summed E-state index contributed by atoms with van der Waals surface area (Å²) in [6.07, 6.45) is -1.46. The Morgan fingerprint density at radius 1 is 1.33 bits per heavy atom. The fraction of sp³-hybridized carbons (Fsp3) is 0.579. The number of benzene rings is 1. The van der Waals surface area contributed by atoms with Crippen molar-refractivity contribution >= 4 is 15.9 Å². The molecule has 2 N–H and O–H groups in total. The van der Waals surface area contributed by atoms with E-state index in [9.17, 15) is 31.6 Å². The van der Waals surface area contributed by atoms with Gasteiger partial charge in [0.15, 0.2) is 0 Å². The summed E-state index contributed by atoms with van der Waals surface area (Å²) >= 11 is 0. The molecular weight excluding hydrogens is 423 g/mol. The number of nitrogens with one attached hydrogen (secondary N) is 2. The van der Waals surface area contributed by atoms with E-state index in [0.717, 1.165) is 24.3 Å². The van der Waals surface area contributed by atoms with E-state index in [1.54, 1.807) is 0 Å². The van der Waals surface area contributed by atoms with Gasteiger partial charge in [-0.15, -0.1) is 0 Å². The highest BCUT2D eigenvalue weighted by atomic mass is 32.2. The van der Waals surface area contributed by atoms with E-state index in [1.165, 1.54) is 6.92 Å². The molecule has 3 rings (SSSR count). The Balaban J connectivity index is 1.56. The fourth-order valence-corrected chi connectivity index (χ4v) is 5.61. The van der Waals surface area contributed by atoms with Crippen molar-refractivity contribution < 1.29 is 31.1 Å². The molecule has 2 unspecified atom stereocenters. The number of amides is 1. The molecule has 30 heavy (non-hydrogen) atoms. The average Bonchev–Trinajstić information content (AvgIpc) is 3.58. The molecule has 7 nitrogen and oxygen atoms in total. The average molecular weight is 445 g/mol.